The van der Waals surface area contributed by atoms with Crippen LogP contribution in [0.15, 0.2) is 24.8 Å². The predicted molar refractivity (Wildman–Crippen MR) is 56.3 cm³/mol. The van der Waals surface area contributed by atoms with E-state index in [1.54, 1.807) is 0 Å². The van der Waals surface area contributed by atoms with Crippen LogP contribution in [0.5, 0.6) is 0 Å². The van der Waals surface area contributed by atoms with Gasteiger partial charge in [-0.15, -0.1) is 0 Å². The molecule has 1 rings (SSSR count). The quantitative estimate of drug-likeness (QED) is 0.283. The topological polar surface area (TPSA) is 63.7 Å². The van der Waals surface area contributed by atoms with Crippen molar-refractivity contribution in [2.75, 3.05) is 13.2 Å². The van der Waals surface area contributed by atoms with Crippen LogP contribution in [-0.4, -0.2) is 35.8 Å². The van der Waals surface area contributed by atoms with Crippen LogP contribution in [0.1, 0.15) is 12.8 Å². The maximum atomic E-state index is 11.1. The molecule has 0 N–H and O–H groups in total. The molecule has 0 bridgehead atoms. The van der Waals surface area contributed by atoms with Crippen LogP contribution in [-0.2, 0) is 19.1 Å². The maximum Gasteiger partial charge on any atom is 0.330 e. The summed E-state index contributed by atoms with van der Waals surface area (Å²) in [6, 6.07) is 0. The minimum Gasteiger partial charge on any atom is -0.463 e. The summed E-state index contributed by atoms with van der Waals surface area (Å²) in [4.78, 5) is 34.1. The highest BCUT2D eigenvalue weighted by atomic mass is 16.5. The van der Waals surface area contributed by atoms with Crippen LogP contribution in [0.4, 0.5) is 0 Å². The van der Waals surface area contributed by atoms with E-state index in [1.807, 2.05) is 0 Å². The van der Waals surface area contributed by atoms with Gasteiger partial charge in [-0.2, -0.15) is 0 Å². The van der Waals surface area contributed by atoms with Gasteiger partial charge in [0.2, 0.25) is 0 Å². The fraction of sp³-hybridized carbons (Fsp3) is 0.364. The second-order valence-corrected chi connectivity index (χ2v) is 3.24. The Morgan fingerprint density at radius 2 is 1.94 bits per heavy atom. The highest BCUT2D eigenvalue weighted by Crippen LogP contribution is 2.05. The fourth-order valence-corrected chi connectivity index (χ4v) is 1.26. The molecule has 5 heteroatoms. The van der Waals surface area contributed by atoms with Gasteiger partial charge < -0.3 is 4.74 Å². The van der Waals surface area contributed by atoms with Crippen molar-refractivity contribution >= 4 is 17.8 Å². The van der Waals surface area contributed by atoms with E-state index in [-0.39, 0.29) is 18.4 Å². The summed E-state index contributed by atoms with van der Waals surface area (Å²) in [6.45, 7) is 3.89. The van der Waals surface area contributed by atoms with Crippen molar-refractivity contribution in [3.63, 3.8) is 0 Å². The molecule has 0 aliphatic carbocycles. The summed E-state index contributed by atoms with van der Waals surface area (Å²) in [5.74, 6) is -1.03. The monoisotopic (exact) mass is 223 g/mol. The van der Waals surface area contributed by atoms with E-state index in [0.29, 0.717) is 19.4 Å². The molecule has 16 heavy (non-hydrogen) atoms. The molecule has 1 heterocycles. The van der Waals surface area contributed by atoms with E-state index < -0.39 is 5.97 Å². The van der Waals surface area contributed by atoms with E-state index in [4.69, 9.17) is 4.74 Å². The van der Waals surface area contributed by atoms with Gasteiger partial charge in [-0.1, -0.05) is 6.58 Å². The summed E-state index contributed by atoms with van der Waals surface area (Å²) in [5.41, 5.74) is 0. The van der Waals surface area contributed by atoms with E-state index in [9.17, 15) is 14.4 Å². The van der Waals surface area contributed by atoms with E-state index in [0.717, 1.165) is 11.0 Å². The lowest BCUT2D eigenvalue weighted by Crippen LogP contribution is -2.31. The number of carbonyl (C=O) groups is 3. The molecule has 0 aromatic heterocycles. The zero-order valence-corrected chi connectivity index (χ0v) is 8.85. The smallest absolute Gasteiger partial charge is 0.330 e. The number of ether oxygens (including phenoxy) is 1. The summed E-state index contributed by atoms with van der Waals surface area (Å²) >= 11 is 0. The van der Waals surface area contributed by atoms with Crippen molar-refractivity contribution in [3.05, 3.63) is 24.8 Å². The van der Waals surface area contributed by atoms with Gasteiger partial charge in [0.05, 0.1) is 6.61 Å². The zero-order valence-electron chi connectivity index (χ0n) is 8.85. The normalized spacial score (nSPS) is 14.4. The molecular weight excluding hydrogens is 210 g/mol. The van der Waals surface area contributed by atoms with Gasteiger partial charge in [0.1, 0.15) is 0 Å². The third-order valence-corrected chi connectivity index (χ3v) is 2.09. The van der Waals surface area contributed by atoms with Crippen molar-refractivity contribution in [2.45, 2.75) is 12.8 Å². The van der Waals surface area contributed by atoms with Crippen LogP contribution in [0.25, 0.3) is 0 Å². The van der Waals surface area contributed by atoms with Gasteiger partial charge >= 0.3 is 5.97 Å². The lowest BCUT2D eigenvalue weighted by molar-refractivity contribution is -0.139. The summed E-state index contributed by atoms with van der Waals surface area (Å²) in [5, 5.41) is 0. The molecule has 0 saturated carbocycles. The first-order valence-corrected chi connectivity index (χ1v) is 4.98. The SMILES string of the molecule is C=CC(=O)OCCCCN1C(=O)C=CC1=O. The number of rotatable bonds is 6. The Balaban J connectivity index is 2.12. The number of hydrogen-bond donors (Lipinski definition) is 0. The molecule has 1 aliphatic heterocycles. The first kappa shape index (κ1) is 12.2. The molecule has 0 radical (unpaired) electrons. The molecule has 0 aromatic carbocycles. The Kier molecular flexibility index (Phi) is 4.44. The number of imide groups is 1. The number of hydrogen-bond acceptors (Lipinski definition) is 4. The predicted octanol–water partition coefficient (Wildman–Crippen LogP) is 0.421. The molecule has 0 unspecified atom stereocenters. The molecule has 0 spiro atoms. The number of unbranched alkanes of at least 4 members (excludes halogenated alkanes) is 1. The minimum absolute atomic E-state index is 0.272. The summed E-state index contributed by atoms with van der Waals surface area (Å²) in [6.07, 6.45) is 4.82. The highest BCUT2D eigenvalue weighted by molar-refractivity contribution is 6.12. The average molecular weight is 223 g/mol. The van der Waals surface area contributed by atoms with Crippen LogP contribution in [0.2, 0.25) is 0 Å². The number of amides is 2. The third kappa shape index (κ3) is 3.34. The highest BCUT2D eigenvalue weighted by Gasteiger charge is 2.22. The Labute approximate surface area is 93.4 Å². The Hall–Kier alpha value is -1.91. The third-order valence-electron chi connectivity index (χ3n) is 2.09. The van der Waals surface area contributed by atoms with Crippen molar-refractivity contribution < 1.29 is 19.1 Å². The van der Waals surface area contributed by atoms with E-state index in [1.165, 1.54) is 12.2 Å². The van der Waals surface area contributed by atoms with E-state index in [2.05, 4.69) is 6.58 Å². The van der Waals surface area contributed by atoms with Gasteiger partial charge in [-0.25, -0.2) is 4.79 Å². The lowest BCUT2D eigenvalue weighted by Gasteiger charge is -2.12. The van der Waals surface area contributed by atoms with Gasteiger partial charge in [0.25, 0.3) is 11.8 Å². The average Bonchev–Trinajstić information content (AvgIpc) is 2.59. The van der Waals surface area contributed by atoms with Crippen molar-refractivity contribution in [2.24, 2.45) is 0 Å². The van der Waals surface area contributed by atoms with Gasteiger partial charge in [-0.05, 0) is 12.8 Å². The molecule has 0 saturated heterocycles. The number of nitrogens with zero attached hydrogens (tertiary/aromatic N) is 1. The van der Waals surface area contributed by atoms with Crippen molar-refractivity contribution in [3.8, 4) is 0 Å². The number of esters is 1. The first-order chi connectivity index (χ1) is 7.65. The Morgan fingerprint density at radius 3 is 2.50 bits per heavy atom. The Morgan fingerprint density at radius 1 is 1.31 bits per heavy atom. The Bertz CT molecular complexity index is 328. The molecule has 5 nitrogen and oxygen atoms in total. The number of carbonyl (C=O) groups excluding carboxylic acids is 3. The van der Waals surface area contributed by atoms with Crippen LogP contribution >= 0.6 is 0 Å². The zero-order chi connectivity index (χ0) is 12.0. The maximum absolute atomic E-state index is 11.1. The molecule has 1 aliphatic rings. The lowest BCUT2D eigenvalue weighted by atomic mass is 10.3. The second-order valence-electron chi connectivity index (χ2n) is 3.24. The van der Waals surface area contributed by atoms with Gasteiger partial charge in [-0.3, -0.25) is 14.5 Å². The minimum atomic E-state index is -0.463. The second kappa shape index (κ2) is 5.85. The molecule has 0 fully saturated rings. The van der Waals surface area contributed by atoms with Crippen LogP contribution in [0, 0.1) is 0 Å². The van der Waals surface area contributed by atoms with Crippen LogP contribution < -0.4 is 0 Å². The molecule has 0 aromatic rings. The fourth-order valence-electron chi connectivity index (χ4n) is 1.26. The molecular formula is C11H13NO4. The first-order valence-electron chi connectivity index (χ1n) is 4.98. The molecule has 2 amide bonds. The molecule has 86 valence electrons. The summed E-state index contributed by atoms with van der Waals surface area (Å²) in [7, 11) is 0. The summed E-state index contributed by atoms with van der Waals surface area (Å²) < 4.78 is 4.75. The van der Waals surface area contributed by atoms with Crippen molar-refractivity contribution in [1.82, 2.24) is 4.90 Å². The van der Waals surface area contributed by atoms with Gasteiger partial charge in [0.15, 0.2) is 0 Å². The van der Waals surface area contributed by atoms with E-state index >= 15 is 0 Å². The van der Waals surface area contributed by atoms with Gasteiger partial charge in [0, 0.05) is 24.8 Å². The standard InChI is InChI=1S/C11H13NO4/c1-2-11(15)16-8-4-3-7-12-9(13)5-6-10(12)14/h2,5-6H,1,3-4,7-8H2. The van der Waals surface area contributed by atoms with Crippen LogP contribution in [0.3, 0.4) is 0 Å². The largest absolute Gasteiger partial charge is 0.463 e. The van der Waals surface area contributed by atoms with Crippen molar-refractivity contribution in [1.29, 1.82) is 0 Å². The molecule has 0 atom stereocenters.